The van der Waals surface area contributed by atoms with E-state index in [0.717, 1.165) is 34.9 Å². The third-order valence-electron chi connectivity index (χ3n) is 5.29. The molecule has 0 radical (unpaired) electrons. The molecular formula is C24H22ClN3O4. The minimum absolute atomic E-state index is 0. The van der Waals surface area contributed by atoms with Crippen LogP contribution in [0.1, 0.15) is 23.1 Å². The van der Waals surface area contributed by atoms with Crippen molar-refractivity contribution < 1.29 is 14.8 Å². The number of benzene rings is 2. The molecule has 0 aliphatic heterocycles. The molecule has 4 aromatic rings. The topological polar surface area (TPSA) is 98.3 Å². The first-order chi connectivity index (χ1) is 15.0. The Morgan fingerprint density at radius 2 is 1.78 bits per heavy atom. The Morgan fingerprint density at radius 1 is 1.00 bits per heavy atom. The van der Waals surface area contributed by atoms with Gasteiger partial charge in [0.25, 0.3) is 5.69 Å². The van der Waals surface area contributed by atoms with Gasteiger partial charge < -0.3 is 9.67 Å². The van der Waals surface area contributed by atoms with Crippen molar-refractivity contribution in [3.63, 3.8) is 0 Å². The zero-order valence-electron chi connectivity index (χ0n) is 17.2. The molecule has 0 aliphatic rings. The fraction of sp³-hybridized carbons (Fsp3) is 0.167. The Hall–Kier alpha value is -3.71. The molecule has 0 fully saturated rings. The fourth-order valence-corrected chi connectivity index (χ4v) is 3.69. The minimum Gasteiger partial charge on any atom is -0.481 e. The van der Waals surface area contributed by atoms with Gasteiger partial charge in [-0.2, -0.15) is 0 Å². The average Bonchev–Trinajstić information content (AvgIpc) is 3.15. The Balaban J connectivity index is 0.00000289. The van der Waals surface area contributed by atoms with E-state index < -0.39 is 10.9 Å². The number of nitro groups is 1. The SMILES string of the molecule is Cl.O=C(O)CCc1ccc2c(c1)c(CCc1ccccc1)cn2-c1ccc([N+](=O)[O-])cn1. The summed E-state index contributed by atoms with van der Waals surface area (Å²) in [5, 5.41) is 21.0. The lowest BCUT2D eigenvalue weighted by atomic mass is 10.0. The van der Waals surface area contributed by atoms with Crippen molar-refractivity contribution in [2.24, 2.45) is 0 Å². The molecule has 0 atom stereocenters. The maximum atomic E-state index is 11.0. The Kier molecular flexibility index (Phi) is 7.22. The molecule has 0 saturated heterocycles. The quantitative estimate of drug-likeness (QED) is 0.295. The zero-order chi connectivity index (χ0) is 21.8. The van der Waals surface area contributed by atoms with Crippen LogP contribution in [0, 0.1) is 10.1 Å². The van der Waals surface area contributed by atoms with Crippen LogP contribution in [0.3, 0.4) is 0 Å². The second-order valence-electron chi connectivity index (χ2n) is 7.39. The molecule has 0 amide bonds. The first-order valence-corrected chi connectivity index (χ1v) is 10.0. The number of pyridine rings is 1. The van der Waals surface area contributed by atoms with Crippen LogP contribution in [0.5, 0.6) is 0 Å². The first kappa shape index (κ1) is 23.0. The fourth-order valence-electron chi connectivity index (χ4n) is 3.69. The maximum Gasteiger partial charge on any atom is 0.303 e. The number of hydrogen-bond acceptors (Lipinski definition) is 4. The molecule has 0 bridgehead atoms. The smallest absolute Gasteiger partial charge is 0.303 e. The van der Waals surface area contributed by atoms with Gasteiger partial charge in [0, 0.05) is 24.1 Å². The van der Waals surface area contributed by atoms with Crippen LogP contribution < -0.4 is 0 Å². The summed E-state index contributed by atoms with van der Waals surface area (Å²) in [4.78, 5) is 25.7. The van der Waals surface area contributed by atoms with E-state index in [4.69, 9.17) is 5.11 Å². The van der Waals surface area contributed by atoms with Crippen molar-refractivity contribution in [2.45, 2.75) is 25.7 Å². The number of halogens is 1. The molecule has 0 aliphatic carbocycles. The van der Waals surface area contributed by atoms with E-state index in [0.29, 0.717) is 12.2 Å². The van der Waals surface area contributed by atoms with E-state index >= 15 is 0 Å². The van der Waals surface area contributed by atoms with Crippen LogP contribution in [0.15, 0.2) is 73.1 Å². The van der Waals surface area contributed by atoms with Gasteiger partial charge in [0.1, 0.15) is 12.0 Å². The predicted molar refractivity (Wildman–Crippen MR) is 125 cm³/mol. The van der Waals surface area contributed by atoms with Crippen LogP contribution in [0.25, 0.3) is 16.7 Å². The van der Waals surface area contributed by atoms with Crippen molar-refractivity contribution in [2.75, 3.05) is 0 Å². The first-order valence-electron chi connectivity index (χ1n) is 10.0. The minimum atomic E-state index is -0.822. The number of nitrogens with zero attached hydrogens (tertiary/aromatic N) is 3. The van der Waals surface area contributed by atoms with E-state index in [1.807, 2.05) is 47.2 Å². The second kappa shape index (κ2) is 10.1. The molecule has 164 valence electrons. The van der Waals surface area contributed by atoms with Gasteiger partial charge in [0.2, 0.25) is 0 Å². The molecule has 0 spiro atoms. The normalized spacial score (nSPS) is 10.6. The molecular weight excluding hydrogens is 430 g/mol. The lowest BCUT2D eigenvalue weighted by Gasteiger charge is -2.05. The van der Waals surface area contributed by atoms with Crippen LogP contribution in [-0.4, -0.2) is 25.6 Å². The summed E-state index contributed by atoms with van der Waals surface area (Å²) in [5.74, 6) is -0.225. The summed E-state index contributed by atoms with van der Waals surface area (Å²) in [6.07, 6.45) is 5.49. The van der Waals surface area contributed by atoms with E-state index in [1.54, 1.807) is 6.07 Å². The molecule has 8 heteroatoms. The number of carboxylic acid groups (broad SMARTS) is 1. The monoisotopic (exact) mass is 451 g/mol. The summed E-state index contributed by atoms with van der Waals surface area (Å²) < 4.78 is 1.93. The number of carbonyl (C=O) groups is 1. The number of fused-ring (bicyclic) bond motifs is 1. The molecule has 2 aromatic carbocycles. The van der Waals surface area contributed by atoms with Crippen molar-refractivity contribution >= 4 is 35.0 Å². The number of carboxylic acids is 1. The molecule has 0 unspecified atom stereocenters. The summed E-state index contributed by atoms with van der Waals surface area (Å²) >= 11 is 0. The number of aliphatic carboxylic acids is 1. The van der Waals surface area contributed by atoms with Gasteiger partial charge in [-0.3, -0.25) is 14.9 Å². The summed E-state index contributed by atoms with van der Waals surface area (Å²) in [6.45, 7) is 0. The highest BCUT2D eigenvalue weighted by atomic mass is 35.5. The third-order valence-corrected chi connectivity index (χ3v) is 5.29. The van der Waals surface area contributed by atoms with Gasteiger partial charge >= 0.3 is 5.97 Å². The van der Waals surface area contributed by atoms with Crippen LogP contribution in [-0.2, 0) is 24.1 Å². The standard InChI is InChI=1S/C24H21N3O4.ClH/c28-24(29)13-8-18-7-11-22-21(14-18)19(9-6-17-4-2-1-3-5-17)16-26(22)23-12-10-20(15-25-23)27(30)31;/h1-5,7,10-12,14-16H,6,8-9,13H2,(H,28,29);1H. The Bertz CT molecular complexity index is 1240. The third kappa shape index (κ3) is 5.12. The highest BCUT2D eigenvalue weighted by molar-refractivity contribution is 5.86. The number of aromatic nitrogens is 2. The van der Waals surface area contributed by atoms with Crippen LogP contribution in [0.4, 0.5) is 5.69 Å². The van der Waals surface area contributed by atoms with Gasteiger partial charge in [-0.1, -0.05) is 36.4 Å². The molecule has 2 heterocycles. The summed E-state index contributed by atoms with van der Waals surface area (Å²) in [6, 6.07) is 19.2. The molecule has 0 saturated carbocycles. The molecule has 4 rings (SSSR count). The lowest BCUT2D eigenvalue weighted by molar-refractivity contribution is -0.385. The van der Waals surface area contributed by atoms with Crippen molar-refractivity contribution in [3.05, 3.63) is 99.9 Å². The number of aryl methyl sites for hydroxylation is 3. The molecule has 2 aromatic heterocycles. The summed E-state index contributed by atoms with van der Waals surface area (Å²) in [7, 11) is 0. The highest BCUT2D eigenvalue weighted by Crippen LogP contribution is 2.28. The molecule has 32 heavy (non-hydrogen) atoms. The predicted octanol–water partition coefficient (Wildman–Crippen LogP) is 5.16. The average molecular weight is 452 g/mol. The van der Waals surface area contributed by atoms with Gasteiger partial charge in [-0.15, -0.1) is 12.4 Å². The van der Waals surface area contributed by atoms with Crippen molar-refractivity contribution in [1.82, 2.24) is 9.55 Å². The van der Waals surface area contributed by atoms with Gasteiger partial charge in [0.05, 0.1) is 10.4 Å². The highest BCUT2D eigenvalue weighted by Gasteiger charge is 2.14. The van der Waals surface area contributed by atoms with E-state index in [2.05, 4.69) is 17.1 Å². The summed E-state index contributed by atoms with van der Waals surface area (Å²) in [5.41, 5.74) is 4.20. The van der Waals surface area contributed by atoms with Crippen molar-refractivity contribution in [1.29, 1.82) is 0 Å². The molecule has 1 N–H and O–H groups in total. The van der Waals surface area contributed by atoms with E-state index in [9.17, 15) is 14.9 Å². The maximum absolute atomic E-state index is 11.0. The van der Waals surface area contributed by atoms with Gasteiger partial charge in [-0.25, -0.2) is 4.98 Å². The van der Waals surface area contributed by atoms with E-state index in [1.165, 1.54) is 17.8 Å². The van der Waals surface area contributed by atoms with Gasteiger partial charge in [0.15, 0.2) is 0 Å². The molecule has 7 nitrogen and oxygen atoms in total. The zero-order valence-corrected chi connectivity index (χ0v) is 18.0. The van der Waals surface area contributed by atoms with Gasteiger partial charge in [-0.05, 0) is 54.2 Å². The lowest BCUT2D eigenvalue weighted by Crippen LogP contribution is -1.98. The second-order valence-corrected chi connectivity index (χ2v) is 7.39. The Labute approximate surface area is 190 Å². The van der Waals surface area contributed by atoms with Crippen LogP contribution >= 0.6 is 12.4 Å². The Morgan fingerprint density at radius 3 is 2.44 bits per heavy atom. The van der Waals surface area contributed by atoms with E-state index in [-0.39, 0.29) is 24.5 Å². The largest absolute Gasteiger partial charge is 0.481 e. The van der Waals surface area contributed by atoms with Crippen molar-refractivity contribution in [3.8, 4) is 5.82 Å². The number of hydrogen-bond donors (Lipinski definition) is 1. The van der Waals surface area contributed by atoms with Crippen LogP contribution in [0.2, 0.25) is 0 Å². The number of rotatable bonds is 8.